The summed E-state index contributed by atoms with van der Waals surface area (Å²) in [6, 6.07) is 18.1. The second-order valence-electron chi connectivity index (χ2n) is 7.39. The molecule has 0 aliphatic rings. The van der Waals surface area contributed by atoms with E-state index in [1.54, 1.807) is 35.7 Å². The summed E-state index contributed by atoms with van der Waals surface area (Å²) in [5.41, 5.74) is 2.67. The first-order valence-electron chi connectivity index (χ1n) is 9.98. The minimum absolute atomic E-state index is 0.105. The topological polar surface area (TPSA) is 94.0 Å². The Morgan fingerprint density at radius 1 is 0.970 bits per heavy atom. The summed E-state index contributed by atoms with van der Waals surface area (Å²) in [6.07, 6.45) is 0. The number of anilines is 1. The third-order valence-electron chi connectivity index (χ3n) is 5.04. The van der Waals surface area contributed by atoms with E-state index in [4.69, 9.17) is 0 Å². The lowest BCUT2D eigenvalue weighted by atomic mass is 10.1. The molecule has 0 saturated heterocycles. The average molecular weight is 495 g/mol. The van der Waals surface area contributed by atoms with Gasteiger partial charge < -0.3 is 0 Å². The molecule has 0 spiro atoms. The molecule has 5 aromatic rings. The van der Waals surface area contributed by atoms with Crippen LogP contribution in [0.2, 0.25) is 0 Å². The molecule has 1 N–H and O–H groups in total. The first-order chi connectivity index (χ1) is 15.9. The molecule has 2 aromatic carbocycles. The van der Waals surface area contributed by atoms with Crippen LogP contribution in [0.15, 0.2) is 80.4 Å². The predicted octanol–water partition coefficient (Wildman–Crippen LogP) is 4.74. The zero-order chi connectivity index (χ0) is 23.0. The first-order valence-corrected chi connectivity index (χ1v) is 13.2. The Kier molecular flexibility index (Phi) is 5.57. The highest BCUT2D eigenvalue weighted by Crippen LogP contribution is 2.25. The van der Waals surface area contributed by atoms with E-state index in [1.807, 2.05) is 36.6 Å². The van der Waals surface area contributed by atoms with Gasteiger partial charge in [-0.1, -0.05) is 54.1 Å². The van der Waals surface area contributed by atoms with Crippen molar-refractivity contribution in [3.05, 3.63) is 92.3 Å². The van der Waals surface area contributed by atoms with Crippen molar-refractivity contribution >= 4 is 49.3 Å². The molecule has 0 saturated carbocycles. The van der Waals surface area contributed by atoms with Crippen molar-refractivity contribution in [2.45, 2.75) is 17.7 Å². The van der Waals surface area contributed by atoms with Crippen molar-refractivity contribution in [3.8, 4) is 11.3 Å². The Hall–Kier alpha value is -3.34. The van der Waals surface area contributed by atoms with Gasteiger partial charge in [-0.2, -0.15) is 5.10 Å². The van der Waals surface area contributed by atoms with Gasteiger partial charge in [-0.15, -0.1) is 22.7 Å². The highest BCUT2D eigenvalue weighted by atomic mass is 32.2. The number of hydrogen-bond donors (Lipinski definition) is 1. The fourth-order valence-electron chi connectivity index (χ4n) is 3.38. The summed E-state index contributed by atoms with van der Waals surface area (Å²) in [5.74, 6) is 0.105. The van der Waals surface area contributed by atoms with Crippen LogP contribution in [-0.2, 0) is 16.6 Å². The normalized spacial score (nSPS) is 11.7. The van der Waals surface area contributed by atoms with Crippen LogP contribution in [-0.4, -0.2) is 23.2 Å². The number of nitrogens with one attached hydrogen (secondary N) is 1. The lowest BCUT2D eigenvalue weighted by molar-refractivity contribution is 0.601. The fourth-order valence-corrected chi connectivity index (χ4v) is 6.17. The van der Waals surface area contributed by atoms with Crippen molar-refractivity contribution in [2.24, 2.45) is 0 Å². The van der Waals surface area contributed by atoms with Gasteiger partial charge in [0.05, 0.1) is 17.6 Å². The Balaban J connectivity index is 1.53. The van der Waals surface area contributed by atoms with E-state index in [0.717, 1.165) is 22.6 Å². The van der Waals surface area contributed by atoms with Gasteiger partial charge in [0.1, 0.15) is 9.22 Å². The molecule has 7 nitrogen and oxygen atoms in total. The smallest absolute Gasteiger partial charge is 0.267 e. The van der Waals surface area contributed by atoms with Gasteiger partial charge in [0.2, 0.25) is 0 Å². The molecule has 5 rings (SSSR count). The molecule has 0 radical (unpaired) electrons. The second-order valence-corrected chi connectivity index (χ2v) is 11.2. The van der Waals surface area contributed by atoms with Crippen molar-refractivity contribution in [3.63, 3.8) is 0 Å². The van der Waals surface area contributed by atoms with E-state index in [-0.39, 0.29) is 22.1 Å². The van der Waals surface area contributed by atoms with Crippen LogP contribution in [0.5, 0.6) is 0 Å². The van der Waals surface area contributed by atoms with Crippen molar-refractivity contribution in [2.75, 3.05) is 4.72 Å². The molecular weight excluding hydrogens is 476 g/mol. The van der Waals surface area contributed by atoms with Crippen molar-refractivity contribution in [1.29, 1.82) is 0 Å². The SMILES string of the molecule is Cc1ccc(-c2csc(Cn3nc(NS(=O)(=O)c4cccs4)c4ccccc4c3=O)n2)cc1. The molecule has 0 fully saturated rings. The Morgan fingerprint density at radius 3 is 2.45 bits per heavy atom. The molecule has 0 atom stereocenters. The number of fused-ring (bicyclic) bond motifs is 1. The summed E-state index contributed by atoms with van der Waals surface area (Å²) < 4.78 is 29.6. The quantitative estimate of drug-likeness (QED) is 0.368. The molecule has 33 heavy (non-hydrogen) atoms. The molecule has 0 aliphatic carbocycles. The number of thiophene rings is 1. The van der Waals surface area contributed by atoms with E-state index in [9.17, 15) is 13.2 Å². The zero-order valence-electron chi connectivity index (χ0n) is 17.4. The number of hydrogen-bond acceptors (Lipinski definition) is 7. The van der Waals surface area contributed by atoms with Crippen molar-refractivity contribution in [1.82, 2.24) is 14.8 Å². The van der Waals surface area contributed by atoms with Gasteiger partial charge in [0.15, 0.2) is 5.82 Å². The molecule has 10 heteroatoms. The maximum atomic E-state index is 13.1. The number of rotatable bonds is 6. The Labute approximate surface area is 198 Å². The Bertz CT molecular complexity index is 1600. The van der Waals surface area contributed by atoms with E-state index >= 15 is 0 Å². The maximum absolute atomic E-state index is 13.1. The summed E-state index contributed by atoms with van der Waals surface area (Å²) in [7, 11) is -3.82. The van der Waals surface area contributed by atoms with E-state index in [1.165, 1.54) is 27.6 Å². The van der Waals surface area contributed by atoms with Crippen LogP contribution in [0, 0.1) is 6.92 Å². The molecule has 3 heterocycles. The van der Waals surface area contributed by atoms with Gasteiger partial charge >= 0.3 is 0 Å². The van der Waals surface area contributed by atoms with E-state index in [0.29, 0.717) is 15.8 Å². The molecular formula is C23H18N4O3S3. The standard InChI is InChI=1S/C23H18N4O3S3/c1-15-8-10-16(11-9-15)19-14-32-20(24-19)13-27-23(28)18-6-3-2-5-17(18)22(25-27)26-33(29,30)21-7-4-12-31-21/h2-12,14H,13H2,1H3,(H,25,26). The summed E-state index contributed by atoms with van der Waals surface area (Å²) in [4.78, 5) is 17.7. The van der Waals surface area contributed by atoms with Gasteiger partial charge in [-0.05, 0) is 24.4 Å². The van der Waals surface area contributed by atoms with Gasteiger partial charge in [-0.25, -0.2) is 18.1 Å². The van der Waals surface area contributed by atoms with E-state index < -0.39 is 10.0 Å². The van der Waals surface area contributed by atoms with Crippen LogP contribution in [0.1, 0.15) is 10.6 Å². The number of sulfonamides is 1. The number of aromatic nitrogens is 3. The van der Waals surface area contributed by atoms with Crippen LogP contribution in [0.3, 0.4) is 0 Å². The summed E-state index contributed by atoms with van der Waals surface area (Å²) in [5, 5.41) is 9.52. The summed E-state index contributed by atoms with van der Waals surface area (Å²) in [6.45, 7) is 2.16. The molecule has 0 unspecified atom stereocenters. The van der Waals surface area contributed by atoms with E-state index in [2.05, 4.69) is 14.8 Å². The third kappa shape index (κ3) is 4.32. The molecule has 0 bridgehead atoms. The largest absolute Gasteiger partial charge is 0.275 e. The monoisotopic (exact) mass is 494 g/mol. The predicted molar refractivity (Wildman–Crippen MR) is 133 cm³/mol. The highest BCUT2D eigenvalue weighted by molar-refractivity contribution is 7.94. The number of thiazole rings is 1. The molecule has 166 valence electrons. The average Bonchev–Trinajstić information content (AvgIpc) is 3.50. The number of nitrogens with zero attached hydrogens (tertiary/aromatic N) is 3. The number of benzene rings is 2. The van der Waals surface area contributed by atoms with Gasteiger partial charge in [0, 0.05) is 16.3 Å². The Morgan fingerprint density at radius 2 is 1.73 bits per heavy atom. The zero-order valence-corrected chi connectivity index (χ0v) is 19.9. The van der Waals surface area contributed by atoms with Crippen LogP contribution < -0.4 is 10.3 Å². The fraction of sp³-hybridized carbons (Fsp3) is 0.0870. The van der Waals surface area contributed by atoms with Gasteiger partial charge in [0.25, 0.3) is 15.6 Å². The lowest BCUT2D eigenvalue weighted by Gasteiger charge is -2.11. The van der Waals surface area contributed by atoms with Crippen LogP contribution in [0.25, 0.3) is 22.0 Å². The number of aryl methyl sites for hydroxylation is 1. The van der Waals surface area contributed by atoms with Crippen molar-refractivity contribution < 1.29 is 8.42 Å². The molecule has 0 amide bonds. The minimum atomic E-state index is -3.82. The van der Waals surface area contributed by atoms with Crippen LogP contribution in [0.4, 0.5) is 5.82 Å². The lowest BCUT2D eigenvalue weighted by Crippen LogP contribution is -2.26. The maximum Gasteiger partial charge on any atom is 0.275 e. The minimum Gasteiger partial charge on any atom is -0.267 e. The molecule has 0 aliphatic heterocycles. The molecule has 3 aromatic heterocycles. The van der Waals surface area contributed by atoms with Gasteiger partial charge in [-0.3, -0.25) is 9.52 Å². The second kappa shape index (κ2) is 8.54. The highest BCUT2D eigenvalue weighted by Gasteiger charge is 2.20. The van der Waals surface area contributed by atoms with Crippen LogP contribution >= 0.6 is 22.7 Å². The first kappa shape index (κ1) is 21.5. The summed E-state index contributed by atoms with van der Waals surface area (Å²) >= 11 is 2.54. The third-order valence-corrected chi connectivity index (χ3v) is 8.61.